The van der Waals surface area contributed by atoms with Gasteiger partial charge in [0.25, 0.3) is 0 Å². The van der Waals surface area contributed by atoms with Gasteiger partial charge in [0.05, 0.1) is 12.1 Å². The second-order valence-electron chi connectivity index (χ2n) is 6.29. The molecule has 0 saturated heterocycles. The Balaban J connectivity index is 1.45. The standard InChI is InChI=1S/C19H21N3O/c1-13-2-7-17(23-13)12-21-19-9-5-15-10-16(6-8-18(15)22-19)20-11-14-3-4-14/h2,5-10,14,20H,3-4,11-12H2,1H3,(H,21,22). The van der Waals surface area contributed by atoms with Crippen LogP contribution in [-0.4, -0.2) is 11.5 Å². The summed E-state index contributed by atoms with van der Waals surface area (Å²) in [5, 5.41) is 7.97. The Labute approximate surface area is 135 Å². The quantitative estimate of drug-likeness (QED) is 0.700. The summed E-state index contributed by atoms with van der Waals surface area (Å²) in [6.45, 7) is 3.68. The molecule has 1 aromatic carbocycles. The van der Waals surface area contributed by atoms with Crippen LogP contribution >= 0.6 is 0 Å². The molecule has 4 rings (SSSR count). The SMILES string of the molecule is Cc1ccc(CNc2ccc3cc(NCC4CC4)ccc3n2)o1. The Morgan fingerprint density at radius 1 is 1.09 bits per heavy atom. The molecule has 118 valence electrons. The van der Waals surface area contributed by atoms with Crippen LogP contribution in [0.4, 0.5) is 11.5 Å². The van der Waals surface area contributed by atoms with Gasteiger partial charge in [0, 0.05) is 17.6 Å². The number of furan rings is 1. The molecule has 2 heterocycles. The van der Waals surface area contributed by atoms with E-state index in [1.54, 1.807) is 0 Å². The van der Waals surface area contributed by atoms with Crippen LogP contribution in [0.25, 0.3) is 10.9 Å². The molecule has 1 aliphatic rings. The predicted octanol–water partition coefficient (Wildman–Crippen LogP) is 4.57. The highest BCUT2D eigenvalue weighted by molar-refractivity contribution is 5.83. The summed E-state index contributed by atoms with van der Waals surface area (Å²) in [6.07, 6.45) is 2.73. The zero-order valence-electron chi connectivity index (χ0n) is 13.3. The van der Waals surface area contributed by atoms with Gasteiger partial charge in [-0.3, -0.25) is 0 Å². The van der Waals surface area contributed by atoms with E-state index in [4.69, 9.17) is 4.42 Å². The fraction of sp³-hybridized carbons (Fsp3) is 0.316. The van der Waals surface area contributed by atoms with Crippen molar-refractivity contribution in [2.24, 2.45) is 5.92 Å². The first-order valence-corrected chi connectivity index (χ1v) is 8.20. The van der Waals surface area contributed by atoms with Crippen LogP contribution in [0.2, 0.25) is 0 Å². The highest BCUT2D eigenvalue weighted by Gasteiger charge is 2.20. The monoisotopic (exact) mass is 307 g/mol. The Bertz CT molecular complexity index is 820. The van der Waals surface area contributed by atoms with Crippen LogP contribution in [-0.2, 0) is 6.54 Å². The molecule has 1 fully saturated rings. The summed E-state index contributed by atoms with van der Waals surface area (Å²) in [5.41, 5.74) is 2.18. The third-order valence-corrected chi connectivity index (χ3v) is 4.22. The van der Waals surface area contributed by atoms with Crippen LogP contribution in [0, 0.1) is 12.8 Å². The van der Waals surface area contributed by atoms with Gasteiger partial charge in [0.15, 0.2) is 0 Å². The van der Waals surface area contributed by atoms with Gasteiger partial charge in [0.2, 0.25) is 0 Å². The van der Waals surface area contributed by atoms with Gasteiger partial charge in [-0.15, -0.1) is 0 Å². The van der Waals surface area contributed by atoms with Crippen molar-refractivity contribution in [3.63, 3.8) is 0 Å². The molecule has 4 nitrogen and oxygen atoms in total. The fourth-order valence-corrected chi connectivity index (χ4v) is 2.68. The number of anilines is 2. The van der Waals surface area contributed by atoms with E-state index in [9.17, 15) is 0 Å². The minimum atomic E-state index is 0.646. The van der Waals surface area contributed by atoms with Gasteiger partial charge in [-0.1, -0.05) is 0 Å². The lowest BCUT2D eigenvalue weighted by molar-refractivity contribution is 0.490. The van der Waals surface area contributed by atoms with Crippen LogP contribution < -0.4 is 10.6 Å². The number of nitrogens with zero attached hydrogens (tertiary/aromatic N) is 1. The summed E-state index contributed by atoms with van der Waals surface area (Å²) in [4.78, 5) is 4.67. The lowest BCUT2D eigenvalue weighted by Crippen LogP contribution is -2.03. The second kappa shape index (κ2) is 5.95. The first-order chi connectivity index (χ1) is 11.3. The third-order valence-electron chi connectivity index (χ3n) is 4.22. The number of pyridine rings is 1. The second-order valence-corrected chi connectivity index (χ2v) is 6.29. The number of rotatable bonds is 6. The lowest BCUT2D eigenvalue weighted by atomic mass is 10.2. The Kier molecular flexibility index (Phi) is 3.66. The highest BCUT2D eigenvalue weighted by atomic mass is 16.3. The molecule has 1 aliphatic carbocycles. The minimum Gasteiger partial charge on any atom is -0.465 e. The number of fused-ring (bicyclic) bond motifs is 1. The maximum absolute atomic E-state index is 5.56. The van der Waals surface area contributed by atoms with E-state index in [2.05, 4.69) is 39.9 Å². The molecule has 0 atom stereocenters. The smallest absolute Gasteiger partial charge is 0.127 e. The first kappa shape index (κ1) is 14.1. The fourth-order valence-electron chi connectivity index (χ4n) is 2.68. The zero-order valence-corrected chi connectivity index (χ0v) is 13.3. The largest absolute Gasteiger partial charge is 0.465 e. The number of nitrogens with one attached hydrogen (secondary N) is 2. The molecule has 0 radical (unpaired) electrons. The first-order valence-electron chi connectivity index (χ1n) is 8.20. The van der Waals surface area contributed by atoms with Gasteiger partial charge in [-0.25, -0.2) is 4.98 Å². The van der Waals surface area contributed by atoms with E-state index in [0.717, 1.165) is 40.7 Å². The van der Waals surface area contributed by atoms with Crippen molar-refractivity contribution in [2.45, 2.75) is 26.3 Å². The van der Waals surface area contributed by atoms with E-state index < -0.39 is 0 Å². The number of hydrogen-bond acceptors (Lipinski definition) is 4. The maximum atomic E-state index is 5.56. The molecule has 0 amide bonds. The van der Waals surface area contributed by atoms with Gasteiger partial charge < -0.3 is 15.1 Å². The van der Waals surface area contributed by atoms with Gasteiger partial charge in [0.1, 0.15) is 17.3 Å². The summed E-state index contributed by atoms with van der Waals surface area (Å²) in [5.74, 6) is 3.59. The van der Waals surface area contributed by atoms with Crippen molar-refractivity contribution in [3.05, 3.63) is 54.0 Å². The van der Waals surface area contributed by atoms with Crippen molar-refractivity contribution in [3.8, 4) is 0 Å². The number of hydrogen-bond donors (Lipinski definition) is 2. The summed E-state index contributed by atoms with van der Waals surface area (Å²) >= 11 is 0. The van der Waals surface area contributed by atoms with Gasteiger partial charge in [-0.05, 0) is 68.1 Å². The zero-order chi connectivity index (χ0) is 15.6. The molecule has 4 heteroatoms. The van der Waals surface area contributed by atoms with Crippen molar-refractivity contribution in [1.29, 1.82) is 0 Å². The lowest BCUT2D eigenvalue weighted by Gasteiger charge is -2.08. The number of aryl methyl sites for hydroxylation is 1. The predicted molar refractivity (Wildman–Crippen MR) is 93.7 cm³/mol. The number of aromatic nitrogens is 1. The molecular weight excluding hydrogens is 286 g/mol. The molecular formula is C19H21N3O. The van der Waals surface area contributed by atoms with Crippen molar-refractivity contribution < 1.29 is 4.42 Å². The summed E-state index contributed by atoms with van der Waals surface area (Å²) in [7, 11) is 0. The molecule has 3 aromatic rings. The topological polar surface area (TPSA) is 50.1 Å². The van der Waals surface area contributed by atoms with Crippen LogP contribution in [0.15, 0.2) is 46.9 Å². The minimum absolute atomic E-state index is 0.646. The van der Waals surface area contributed by atoms with Gasteiger partial charge in [-0.2, -0.15) is 0 Å². The van der Waals surface area contributed by atoms with E-state index in [1.165, 1.54) is 18.5 Å². The van der Waals surface area contributed by atoms with Crippen LogP contribution in [0.1, 0.15) is 24.4 Å². The van der Waals surface area contributed by atoms with E-state index in [-0.39, 0.29) is 0 Å². The molecule has 23 heavy (non-hydrogen) atoms. The van der Waals surface area contributed by atoms with E-state index >= 15 is 0 Å². The van der Waals surface area contributed by atoms with E-state index in [0.29, 0.717) is 6.54 Å². The Morgan fingerprint density at radius 3 is 2.78 bits per heavy atom. The van der Waals surface area contributed by atoms with Crippen LogP contribution in [0.5, 0.6) is 0 Å². The molecule has 0 bridgehead atoms. The number of benzene rings is 1. The average Bonchev–Trinajstić information content (AvgIpc) is 3.31. The average molecular weight is 307 g/mol. The summed E-state index contributed by atoms with van der Waals surface area (Å²) in [6, 6.07) is 14.4. The van der Waals surface area contributed by atoms with Gasteiger partial charge >= 0.3 is 0 Å². The van der Waals surface area contributed by atoms with Crippen molar-refractivity contribution >= 4 is 22.4 Å². The van der Waals surface area contributed by atoms with Crippen molar-refractivity contribution in [2.75, 3.05) is 17.2 Å². The van der Waals surface area contributed by atoms with E-state index in [1.807, 2.05) is 25.1 Å². The van der Waals surface area contributed by atoms with Crippen LogP contribution in [0.3, 0.4) is 0 Å². The molecule has 0 aliphatic heterocycles. The molecule has 2 N–H and O–H groups in total. The highest BCUT2D eigenvalue weighted by Crippen LogP contribution is 2.29. The Morgan fingerprint density at radius 2 is 2.00 bits per heavy atom. The normalized spacial score (nSPS) is 14.1. The molecule has 1 saturated carbocycles. The molecule has 2 aromatic heterocycles. The maximum Gasteiger partial charge on any atom is 0.127 e. The molecule has 0 spiro atoms. The Hall–Kier alpha value is -2.49. The molecule has 0 unspecified atom stereocenters. The summed E-state index contributed by atoms with van der Waals surface area (Å²) < 4.78 is 5.56. The van der Waals surface area contributed by atoms with Crippen molar-refractivity contribution in [1.82, 2.24) is 4.98 Å². The third kappa shape index (κ3) is 3.47.